The summed E-state index contributed by atoms with van der Waals surface area (Å²) in [5.74, 6) is -1.66. The minimum atomic E-state index is -4.96. The summed E-state index contributed by atoms with van der Waals surface area (Å²) in [5.41, 5.74) is 0. The fourth-order valence-corrected chi connectivity index (χ4v) is 12.2. The SMILES string of the molecule is CC/C=C\C/C=C\C/C=C\C/C=C\C/C=C\C/C=C\CCCCCCCCCCCCCCC(=O)OCC(O)COP(=O)(O)OCC(O)COP(=O)(O)OCC(COC(=O)CCCCCCCCCCC/C=C\C/C=C\C/C=C\C/C=C\C/C=C\CC)OC(=O)CCC/C=C\C/C=C\C/C=C\C/C=C\C/C=C\CC. The Morgan fingerprint density at radius 2 is 0.468 bits per heavy atom. The molecule has 0 bridgehead atoms. The highest BCUT2D eigenvalue weighted by Crippen LogP contribution is 2.45. The van der Waals surface area contributed by atoms with Crippen molar-refractivity contribution in [3.63, 3.8) is 0 Å². The summed E-state index contributed by atoms with van der Waals surface area (Å²) in [6.07, 6.45) is 108. The topological polar surface area (TPSA) is 231 Å². The Bertz CT molecular complexity index is 2760. The van der Waals surface area contributed by atoms with Crippen LogP contribution < -0.4 is 0 Å². The molecule has 18 heteroatoms. The Kier molecular flexibility index (Phi) is 77.7. The maximum atomic E-state index is 13.0. The van der Waals surface area contributed by atoms with E-state index in [-0.39, 0.29) is 19.3 Å². The van der Waals surface area contributed by atoms with E-state index in [0.717, 1.165) is 161 Å². The quantitative estimate of drug-likeness (QED) is 0.0146. The van der Waals surface area contributed by atoms with Crippen molar-refractivity contribution in [1.29, 1.82) is 0 Å². The van der Waals surface area contributed by atoms with Crippen LogP contribution in [0.2, 0.25) is 0 Å². The maximum Gasteiger partial charge on any atom is 0.472 e. The van der Waals surface area contributed by atoms with Crippen LogP contribution >= 0.6 is 15.6 Å². The van der Waals surface area contributed by atoms with E-state index in [1.54, 1.807) is 0 Å². The largest absolute Gasteiger partial charge is 0.472 e. The van der Waals surface area contributed by atoms with E-state index in [1.807, 2.05) is 12.2 Å². The second kappa shape index (κ2) is 81.9. The number of esters is 3. The summed E-state index contributed by atoms with van der Waals surface area (Å²) < 4.78 is 61.2. The number of hydrogen-bond acceptors (Lipinski definition) is 14. The van der Waals surface area contributed by atoms with Gasteiger partial charge in [0.25, 0.3) is 0 Å². The molecule has 0 spiro atoms. The van der Waals surface area contributed by atoms with Gasteiger partial charge < -0.3 is 34.2 Å². The molecule has 16 nitrogen and oxygen atoms in total. The van der Waals surface area contributed by atoms with Gasteiger partial charge in [-0.15, -0.1) is 0 Å². The van der Waals surface area contributed by atoms with Gasteiger partial charge in [-0.25, -0.2) is 9.13 Å². The van der Waals surface area contributed by atoms with Crippen LogP contribution in [0.5, 0.6) is 0 Å². The standard InChI is InChI=1S/C91H148O16P2/c1-4-7-10-13-16-19-22-25-28-31-33-35-37-39-40-41-42-43-44-46-48-49-51-54-56-59-62-65-68-71-74-77-89(94)101-80-86(92)81-103-108(97,98)104-82-87(93)83-105-109(99,100)106-85-88(107-91(96)79-76-73-70-67-64-61-58-53-30-27-24-21-18-15-12-9-6-3)84-102-90(95)78-75-72-69-66-63-60-57-55-52-50-47-45-38-36-34-32-29-26-23-20-17-14-11-8-5-2/h7-12,16-21,25-30,33-36,39-40,42-43,45,47,58,61,67,70,86-88,92-93H,4-6,13-15,22-24,31-32,37-38,41,44,46,48-57,59-60,62-66,68-69,71-85H2,1-3H3,(H,97,98)(H,99,100)/b10-7-,11-8-,12-9-,19-16-,20-17-,21-18-,28-25-,29-26-,30-27-,35-33-,36-34-,40-39-,43-42-,47-45-,61-58-,70-67-. The van der Waals surface area contributed by atoms with E-state index in [1.165, 1.54) is 77.0 Å². The molecule has 0 radical (unpaired) electrons. The van der Waals surface area contributed by atoms with Crippen LogP contribution in [0.3, 0.4) is 0 Å². The Morgan fingerprint density at radius 3 is 0.752 bits per heavy atom. The summed E-state index contributed by atoms with van der Waals surface area (Å²) in [5, 5.41) is 20.7. The van der Waals surface area contributed by atoms with Gasteiger partial charge in [-0.3, -0.25) is 32.5 Å². The van der Waals surface area contributed by atoms with Gasteiger partial charge in [-0.1, -0.05) is 324 Å². The molecule has 0 aromatic carbocycles. The number of unbranched alkanes of at least 4 members (excludes halogenated alkanes) is 22. The summed E-state index contributed by atoms with van der Waals surface area (Å²) in [6, 6.07) is 0. The zero-order chi connectivity index (χ0) is 79.4. The number of hydrogen-bond donors (Lipinski definition) is 4. The third-order valence-corrected chi connectivity index (χ3v) is 18.7. The highest BCUT2D eigenvalue weighted by atomic mass is 31.2. The normalized spacial score (nSPS) is 14.9. The van der Waals surface area contributed by atoms with Crippen molar-refractivity contribution in [2.45, 2.75) is 322 Å². The van der Waals surface area contributed by atoms with Gasteiger partial charge in [-0.05, 0) is 154 Å². The van der Waals surface area contributed by atoms with Crippen molar-refractivity contribution in [3.8, 4) is 0 Å². The molecular weight excluding hydrogens is 1410 g/mol. The minimum absolute atomic E-state index is 0.0183. The van der Waals surface area contributed by atoms with E-state index >= 15 is 0 Å². The second-order valence-electron chi connectivity index (χ2n) is 27.1. The second-order valence-corrected chi connectivity index (χ2v) is 30.0. The average Bonchev–Trinajstić information content (AvgIpc) is 0.902. The summed E-state index contributed by atoms with van der Waals surface area (Å²) in [7, 11) is -9.83. The Balaban J connectivity index is 4.60. The first-order valence-electron chi connectivity index (χ1n) is 41.7. The fourth-order valence-electron chi connectivity index (χ4n) is 10.6. The van der Waals surface area contributed by atoms with E-state index in [9.17, 15) is 43.5 Å². The third-order valence-electron chi connectivity index (χ3n) is 16.8. The smallest absolute Gasteiger partial charge is 0.463 e. The minimum Gasteiger partial charge on any atom is -0.463 e. The van der Waals surface area contributed by atoms with Gasteiger partial charge in [0.2, 0.25) is 0 Å². The van der Waals surface area contributed by atoms with E-state index < -0.39 is 91.5 Å². The molecular formula is C91H148O16P2. The molecule has 0 aliphatic carbocycles. The first-order chi connectivity index (χ1) is 53.2. The third kappa shape index (κ3) is 83.2. The average molecular weight is 1560 g/mol. The molecule has 0 amide bonds. The van der Waals surface area contributed by atoms with Crippen molar-refractivity contribution >= 4 is 33.6 Å². The zero-order valence-corrected chi connectivity index (χ0v) is 69.4. The summed E-state index contributed by atoms with van der Waals surface area (Å²) >= 11 is 0. The van der Waals surface area contributed by atoms with Crippen molar-refractivity contribution in [2.24, 2.45) is 0 Å². The molecule has 0 saturated carbocycles. The number of phosphoric ester groups is 2. The molecule has 5 unspecified atom stereocenters. The van der Waals surface area contributed by atoms with Gasteiger partial charge in [-0.2, -0.15) is 0 Å². The molecule has 618 valence electrons. The van der Waals surface area contributed by atoms with Crippen LogP contribution in [0.4, 0.5) is 0 Å². The Labute approximate surface area is 661 Å². The van der Waals surface area contributed by atoms with Gasteiger partial charge in [0, 0.05) is 19.3 Å². The molecule has 0 fully saturated rings. The van der Waals surface area contributed by atoms with Crippen LogP contribution in [0.15, 0.2) is 194 Å². The van der Waals surface area contributed by atoms with Crippen molar-refractivity contribution in [3.05, 3.63) is 194 Å². The van der Waals surface area contributed by atoms with Gasteiger partial charge in [0.1, 0.15) is 25.4 Å². The molecule has 0 rings (SSSR count). The molecule has 0 aliphatic heterocycles. The number of aliphatic hydroxyl groups is 2. The van der Waals surface area contributed by atoms with Crippen LogP contribution in [0.25, 0.3) is 0 Å². The van der Waals surface area contributed by atoms with Crippen molar-refractivity contribution in [2.75, 3.05) is 39.6 Å². The molecule has 0 aromatic rings. The lowest BCUT2D eigenvalue weighted by Gasteiger charge is -2.21. The summed E-state index contributed by atoms with van der Waals surface area (Å²) in [6.45, 7) is 2.26. The lowest BCUT2D eigenvalue weighted by atomic mass is 10.0. The van der Waals surface area contributed by atoms with Crippen LogP contribution in [-0.2, 0) is 55.8 Å². The van der Waals surface area contributed by atoms with Gasteiger partial charge in [0.05, 0.1) is 26.4 Å². The molecule has 5 atom stereocenters. The Hall–Kier alpha value is -5.61. The van der Waals surface area contributed by atoms with E-state index in [2.05, 4.69) is 203 Å². The molecule has 109 heavy (non-hydrogen) atoms. The monoisotopic (exact) mass is 1560 g/mol. The number of phosphoric acid groups is 2. The van der Waals surface area contributed by atoms with Crippen LogP contribution in [0.1, 0.15) is 303 Å². The van der Waals surface area contributed by atoms with Gasteiger partial charge in [0.15, 0.2) is 6.10 Å². The van der Waals surface area contributed by atoms with E-state index in [4.69, 9.17) is 32.3 Å². The number of allylic oxidation sites excluding steroid dienone is 32. The maximum absolute atomic E-state index is 13.0. The van der Waals surface area contributed by atoms with Crippen molar-refractivity contribution < 1.29 is 75.8 Å². The predicted molar refractivity (Wildman–Crippen MR) is 454 cm³/mol. The van der Waals surface area contributed by atoms with Crippen molar-refractivity contribution in [1.82, 2.24) is 0 Å². The molecule has 0 aliphatic rings. The van der Waals surface area contributed by atoms with Crippen LogP contribution in [-0.4, -0.2) is 95.9 Å². The first kappa shape index (κ1) is 103. The number of rotatable bonds is 77. The van der Waals surface area contributed by atoms with Crippen LogP contribution in [0, 0.1) is 0 Å². The molecule has 0 heterocycles. The number of ether oxygens (including phenoxy) is 3. The lowest BCUT2D eigenvalue weighted by Crippen LogP contribution is -2.30. The number of carbonyl (C=O) groups is 3. The highest BCUT2D eigenvalue weighted by molar-refractivity contribution is 7.47. The van der Waals surface area contributed by atoms with E-state index in [0.29, 0.717) is 25.7 Å². The molecule has 0 saturated heterocycles. The molecule has 0 aromatic heterocycles. The van der Waals surface area contributed by atoms with Gasteiger partial charge >= 0.3 is 33.6 Å². The predicted octanol–water partition coefficient (Wildman–Crippen LogP) is 25.1. The fraction of sp³-hybridized carbons (Fsp3) is 0.615. The first-order valence-corrected chi connectivity index (χ1v) is 44.7. The number of aliphatic hydroxyl groups excluding tert-OH is 2. The lowest BCUT2D eigenvalue weighted by molar-refractivity contribution is -0.161. The molecule has 4 N–H and O–H groups in total. The Morgan fingerprint density at radius 1 is 0.257 bits per heavy atom. The zero-order valence-electron chi connectivity index (χ0n) is 67.6. The highest BCUT2D eigenvalue weighted by Gasteiger charge is 2.29. The number of carbonyl (C=O) groups excluding carboxylic acids is 3. The summed E-state index contributed by atoms with van der Waals surface area (Å²) in [4.78, 5) is 58.8.